The maximum Gasteiger partial charge on any atom is 0.257 e. The van der Waals surface area contributed by atoms with E-state index in [2.05, 4.69) is 5.32 Å². The maximum atomic E-state index is 13.7. The molecule has 2 aliphatic carbocycles. The molecule has 1 aliphatic heterocycles. The molecule has 110 valence electrons. The lowest BCUT2D eigenvalue weighted by Gasteiger charge is -2.33. The fraction of sp³-hybridized carbons (Fsp3) is 0.688. The van der Waals surface area contributed by atoms with Gasteiger partial charge in [-0.15, -0.1) is 0 Å². The summed E-state index contributed by atoms with van der Waals surface area (Å²) < 4.78 is 13.7. The molecule has 0 bridgehead atoms. The summed E-state index contributed by atoms with van der Waals surface area (Å²) in [6, 6.07) is -0.388. The summed E-state index contributed by atoms with van der Waals surface area (Å²) in [5.74, 6) is -0.999. The van der Waals surface area contributed by atoms with E-state index in [-0.39, 0.29) is 23.7 Å². The van der Waals surface area contributed by atoms with Crippen LogP contribution in [0.5, 0.6) is 0 Å². The highest BCUT2D eigenvalue weighted by atomic mass is 19.1. The third kappa shape index (κ3) is 1.93. The molecule has 3 unspecified atom stereocenters. The highest BCUT2D eigenvalue weighted by Gasteiger charge is 2.56. The van der Waals surface area contributed by atoms with Crippen molar-refractivity contribution in [3.8, 4) is 0 Å². The van der Waals surface area contributed by atoms with Gasteiger partial charge in [0.25, 0.3) is 5.91 Å². The van der Waals surface area contributed by atoms with Crippen LogP contribution in [-0.4, -0.2) is 22.7 Å². The number of nitrogens with one attached hydrogen (secondary N) is 1. The number of hydrogen-bond donors (Lipinski definition) is 2. The van der Waals surface area contributed by atoms with E-state index in [9.17, 15) is 14.3 Å². The van der Waals surface area contributed by atoms with Crippen molar-refractivity contribution in [1.82, 2.24) is 5.32 Å². The summed E-state index contributed by atoms with van der Waals surface area (Å²) in [7, 11) is 0. The van der Waals surface area contributed by atoms with Crippen LogP contribution in [0.15, 0.2) is 23.6 Å². The van der Waals surface area contributed by atoms with Crippen LogP contribution >= 0.6 is 0 Å². The number of amides is 1. The van der Waals surface area contributed by atoms with Gasteiger partial charge in [0, 0.05) is 11.8 Å². The molecule has 0 aromatic rings. The number of carbonyl (C=O) groups is 1. The molecule has 1 saturated carbocycles. The van der Waals surface area contributed by atoms with E-state index < -0.39 is 11.5 Å². The molecular formula is C16H22FNO2. The first-order chi connectivity index (χ1) is 9.55. The minimum Gasteiger partial charge on any atom is -0.375 e. The molecule has 0 radical (unpaired) electrons. The summed E-state index contributed by atoms with van der Waals surface area (Å²) in [6.45, 7) is 1.75. The number of carbonyl (C=O) groups excluding carboxylic acids is 1. The lowest BCUT2D eigenvalue weighted by Crippen LogP contribution is -2.46. The Labute approximate surface area is 118 Å². The topological polar surface area (TPSA) is 49.3 Å². The van der Waals surface area contributed by atoms with E-state index in [0.29, 0.717) is 5.57 Å². The van der Waals surface area contributed by atoms with Gasteiger partial charge in [-0.05, 0) is 24.5 Å². The second kappa shape index (κ2) is 4.99. The van der Waals surface area contributed by atoms with Crippen LogP contribution in [0.25, 0.3) is 0 Å². The van der Waals surface area contributed by atoms with Crippen molar-refractivity contribution in [3.05, 3.63) is 23.6 Å². The monoisotopic (exact) mass is 279 g/mol. The van der Waals surface area contributed by atoms with Crippen molar-refractivity contribution in [2.45, 2.75) is 57.1 Å². The molecule has 3 rings (SSSR count). The largest absolute Gasteiger partial charge is 0.375 e. The molecule has 1 heterocycles. The van der Waals surface area contributed by atoms with Gasteiger partial charge in [-0.1, -0.05) is 38.7 Å². The predicted molar refractivity (Wildman–Crippen MR) is 74.5 cm³/mol. The Morgan fingerprint density at radius 1 is 1.25 bits per heavy atom. The van der Waals surface area contributed by atoms with E-state index in [0.717, 1.165) is 25.7 Å². The lowest BCUT2D eigenvalue weighted by atomic mass is 9.74. The molecule has 1 amide bonds. The Balaban J connectivity index is 1.96. The lowest BCUT2D eigenvalue weighted by molar-refractivity contribution is -0.137. The second-order valence-corrected chi connectivity index (χ2v) is 6.37. The van der Waals surface area contributed by atoms with Gasteiger partial charge in [-0.3, -0.25) is 4.79 Å². The van der Waals surface area contributed by atoms with Gasteiger partial charge in [0.15, 0.2) is 5.60 Å². The number of allylic oxidation sites excluding steroid dienone is 2. The zero-order chi connectivity index (χ0) is 14.3. The minimum atomic E-state index is -1.43. The van der Waals surface area contributed by atoms with Gasteiger partial charge < -0.3 is 10.4 Å². The SMILES string of the molecule is CC1C(F)=CC=C2C1NC(=O)C2(O)C1CCCCCC1. The molecule has 3 nitrogen and oxygen atoms in total. The smallest absolute Gasteiger partial charge is 0.257 e. The van der Waals surface area contributed by atoms with Crippen molar-refractivity contribution < 1.29 is 14.3 Å². The molecule has 2 fully saturated rings. The molecular weight excluding hydrogens is 257 g/mol. The number of fused-ring (bicyclic) bond motifs is 1. The average molecular weight is 279 g/mol. The molecule has 1 saturated heterocycles. The number of hydrogen-bond acceptors (Lipinski definition) is 2. The summed E-state index contributed by atoms with van der Waals surface area (Å²) in [6.07, 6.45) is 9.20. The molecule has 0 spiro atoms. The maximum absolute atomic E-state index is 13.7. The Bertz CT molecular complexity index is 477. The van der Waals surface area contributed by atoms with Crippen LogP contribution in [0, 0.1) is 11.8 Å². The minimum absolute atomic E-state index is 0.0389. The first-order valence-corrected chi connectivity index (χ1v) is 7.66. The standard InChI is InChI=1S/C16H22FNO2/c1-10-13(17)9-8-12-14(10)18-15(19)16(12,20)11-6-4-2-3-5-7-11/h8-11,14,20H,2-7H2,1H3,(H,18,19). The fourth-order valence-corrected chi connectivity index (χ4v) is 3.92. The Morgan fingerprint density at radius 2 is 1.90 bits per heavy atom. The summed E-state index contributed by atoms with van der Waals surface area (Å²) in [5, 5.41) is 13.9. The zero-order valence-electron chi connectivity index (χ0n) is 11.9. The molecule has 0 aromatic carbocycles. The summed E-state index contributed by atoms with van der Waals surface area (Å²) in [5.41, 5.74) is -0.760. The highest BCUT2D eigenvalue weighted by molar-refractivity contribution is 5.94. The quantitative estimate of drug-likeness (QED) is 0.725. The zero-order valence-corrected chi connectivity index (χ0v) is 11.9. The second-order valence-electron chi connectivity index (χ2n) is 6.37. The van der Waals surface area contributed by atoms with Gasteiger partial charge in [0.1, 0.15) is 5.83 Å². The van der Waals surface area contributed by atoms with Crippen molar-refractivity contribution in [1.29, 1.82) is 0 Å². The highest BCUT2D eigenvalue weighted by Crippen LogP contribution is 2.44. The van der Waals surface area contributed by atoms with E-state index in [1.165, 1.54) is 18.9 Å². The van der Waals surface area contributed by atoms with E-state index in [4.69, 9.17) is 0 Å². The summed E-state index contributed by atoms with van der Waals surface area (Å²) >= 11 is 0. The van der Waals surface area contributed by atoms with Crippen LogP contribution in [0.2, 0.25) is 0 Å². The van der Waals surface area contributed by atoms with Crippen LogP contribution < -0.4 is 5.32 Å². The Morgan fingerprint density at radius 3 is 2.55 bits per heavy atom. The van der Waals surface area contributed by atoms with Crippen molar-refractivity contribution in [3.63, 3.8) is 0 Å². The van der Waals surface area contributed by atoms with Crippen LogP contribution in [-0.2, 0) is 4.79 Å². The normalized spacial score (nSPS) is 38.6. The molecule has 2 N–H and O–H groups in total. The first kappa shape index (κ1) is 13.8. The third-order valence-electron chi connectivity index (χ3n) is 5.21. The van der Waals surface area contributed by atoms with Crippen molar-refractivity contribution >= 4 is 5.91 Å². The molecule has 4 heteroatoms. The number of rotatable bonds is 1. The van der Waals surface area contributed by atoms with Gasteiger partial charge in [-0.2, -0.15) is 0 Å². The first-order valence-electron chi connectivity index (χ1n) is 7.66. The van der Waals surface area contributed by atoms with Crippen LogP contribution in [0.3, 0.4) is 0 Å². The van der Waals surface area contributed by atoms with Crippen LogP contribution in [0.4, 0.5) is 4.39 Å². The van der Waals surface area contributed by atoms with Gasteiger partial charge in [-0.25, -0.2) is 4.39 Å². The molecule has 3 atom stereocenters. The van der Waals surface area contributed by atoms with Crippen molar-refractivity contribution in [2.24, 2.45) is 11.8 Å². The van der Waals surface area contributed by atoms with Gasteiger partial charge in [0.2, 0.25) is 0 Å². The van der Waals surface area contributed by atoms with Gasteiger partial charge in [0.05, 0.1) is 6.04 Å². The third-order valence-corrected chi connectivity index (χ3v) is 5.21. The number of halogens is 1. The summed E-state index contributed by atoms with van der Waals surface area (Å²) in [4.78, 5) is 12.4. The molecule has 0 aromatic heterocycles. The molecule has 3 aliphatic rings. The molecule has 20 heavy (non-hydrogen) atoms. The van der Waals surface area contributed by atoms with Gasteiger partial charge >= 0.3 is 0 Å². The van der Waals surface area contributed by atoms with E-state index in [1.807, 2.05) is 0 Å². The predicted octanol–water partition coefficient (Wildman–Crippen LogP) is 2.62. The van der Waals surface area contributed by atoms with E-state index >= 15 is 0 Å². The average Bonchev–Trinajstić information content (AvgIpc) is 2.65. The van der Waals surface area contributed by atoms with E-state index in [1.54, 1.807) is 13.0 Å². The Kier molecular flexibility index (Phi) is 3.44. The fourth-order valence-electron chi connectivity index (χ4n) is 3.92. The Hall–Kier alpha value is -1.16. The van der Waals surface area contributed by atoms with Crippen LogP contribution in [0.1, 0.15) is 45.4 Å². The van der Waals surface area contributed by atoms with Crippen molar-refractivity contribution in [2.75, 3.05) is 0 Å². The number of aliphatic hydroxyl groups is 1.